The molecular formula is C21H27FO2. The lowest BCUT2D eigenvalue weighted by atomic mass is 9.47. The summed E-state index contributed by atoms with van der Waals surface area (Å²) in [5, 5.41) is 10.5. The molecule has 130 valence electrons. The van der Waals surface area contributed by atoms with Crippen LogP contribution in [0.15, 0.2) is 30.9 Å². The molecule has 2 fully saturated rings. The van der Waals surface area contributed by atoms with Crippen molar-refractivity contribution in [3.05, 3.63) is 42.0 Å². The van der Waals surface area contributed by atoms with Crippen LogP contribution in [0.1, 0.15) is 49.7 Å². The molecule has 0 amide bonds. The zero-order valence-corrected chi connectivity index (χ0v) is 14.6. The molecule has 1 N–H and O–H groups in total. The van der Waals surface area contributed by atoms with Gasteiger partial charge in [0.15, 0.2) is 0 Å². The van der Waals surface area contributed by atoms with Crippen molar-refractivity contribution >= 4 is 0 Å². The summed E-state index contributed by atoms with van der Waals surface area (Å²) in [7, 11) is 1.70. The molecule has 0 spiro atoms. The van der Waals surface area contributed by atoms with E-state index < -0.39 is 12.3 Å². The first-order valence-electron chi connectivity index (χ1n) is 9.09. The second-order valence-electron chi connectivity index (χ2n) is 8.23. The predicted octanol–water partition coefficient (Wildman–Crippen LogP) is 4.42. The van der Waals surface area contributed by atoms with Gasteiger partial charge >= 0.3 is 0 Å². The highest BCUT2D eigenvalue weighted by molar-refractivity contribution is 5.43. The molecule has 4 rings (SSSR count). The maximum atomic E-state index is 14.4. The molecule has 1 aromatic rings. The van der Waals surface area contributed by atoms with Crippen molar-refractivity contribution in [2.75, 3.05) is 7.11 Å². The summed E-state index contributed by atoms with van der Waals surface area (Å²) in [6.07, 6.45) is 4.44. The molecule has 0 aromatic heterocycles. The third-order valence-corrected chi connectivity index (χ3v) is 7.48. The molecule has 6 atom stereocenters. The normalized spacial score (nSPS) is 43.5. The molecular weight excluding hydrogens is 303 g/mol. The summed E-state index contributed by atoms with van der Waals surface area (Å²) in [4.78, 5) is 0. The molecule has 0 unspecified atom stereocenters. The van der Waals surface area contributed by atoms with Crippen LogP contribution in [0.5, 0.6) is 5.75 Å². The Bertz CT molecular complexity index is 672. The Morgan fingerprint density at radius 3 is 2.88 bits per heavy atom. The van der Waals surface area contributed by atoms with Gasteiger partial charge in [-0.2, -0.15) is 0 Å². The SMILES string of the molecule is C=C[C@@]12CCc3cc(OC)ccc3[C@H]1CC[C@]1(C)[C@H](O)[C@H](F)C[C@H]12. The Kier molecular flexibility index (Phi) is 3.58. The fraction of sp³-hybridized carbons (Fsp3) is 0.619. The zero-order chi connectivity index (χ0) is 17.1. The van der Waals surface area contributed by atoms with Gasteiger partial charge < -0.3 is 9.84 Å². The Morgan fingerprint density at radius 1 is 1.38 bits per heavy atom. The van der Waals surface area contributed by atoms with E-state index in [-0.39, 0.29) is 16.7 Å². The second kappa shape index (κ2) is 5.32. The van der Waals surface area contributed by atoms with E-state index in [2.05, 4.69) is 31.7 Å². The van der Waals surface area contributed by atoms with Crippen LogP contribution in [-0.2, 0) is 6.42 Å². The number of methoxy groups -OCH3 is 1. The van der Waals surface area contributed by atoms with Crippen LogP contribution in [0.4, 0.5) is 4.39 Å². The molecule has 24 heavy (non-hydrogen) atoms. The number of hydrogen-bond acceptors (Lipinski definition) is 2. The van der Waals surface area contributed by atoms with Crippen molar-refractivity contribution in [1.82, 2.24) is 0 Å². The first-order valence-corrected chi connectivity index (χ1v) is 9.09. The number of hydrogen-bond donors (Lipinski definition) is 1. The van der Waals surface area contributed by atoms with Gasteiger partial charge in [-0.3, -0.25) is 0 Å². The fourth-order valence-corrected chi connectivity index (χ4v) is 6.16. The highest BCUT2D eigenvalue weighted by atomic mass is 19.1. The number of alkyl halides is 1. The molecule has 3 aliphatic carbocycles. The second-order valence-corrected chi connectivity index (χ2v) is 8.23. The Morgan fingerprint density at radius 2 is 2.17 bits per heavy atom. The lowest BCUT2D eigenvalue weighted by molar-refractivity contribution is -0.0606. The van der Waals surface area contributed by atoms with Crippen LogP contribution in [0, 0.1) is 16.7 Å². The number of ether oxygens (including phenoxy) is 1. The van der Waals surface area contributed by atoms with Gasteiger partial charge in [0.25, 0.3) is 0 Å². The molecule has 1 aromatic carbocycles. The Balaban J connectivity index is 1.80. The highest BCUT2D eigenvalue weighted by Crippen LogP contribution is 2.67. The van der Waals surface area contributed by atoms with Crippen molar-refractivity contribution in [3.63, 3.8) is 0 Å². The van der Waals surface area contributed by atoms with Crippen molar-refractivity contribution in [2.24, 2.45) is 16.7 Å². The van der Waals surface area contributed by atoms with Gasteiger partial charge in [0, 0.05) is 5.41 Å². The largest absolute Gasteiger partial charge is 0.497 e. The molecule has 0 heterocycles. The van der Waals surface area contributed by atoms with E-state index in [1.807, 2.05) is 6.07 Å². The summed E-state index contributed by atoms with van der Waals surface area (Å²) in [6, 6.07) is 6.38. The van der Waals surface area contributed by atoms with E-state index >= 15 is 0 Å². The number of fused-ring (bicyclic) bond motifs is 5. The highest BCUT2D eigenvalue weighted by Gasteiger charge is 2.63. The lowest BCUT2D eigenvalue weighted by Crippen LogP contribution is -2.50. The van der Waals surface area contributed by atoms with Crippen LogP contribution >= 0.6 is 0 Å². The number of rotatable bonds is 2. The fourth-order valence-electron chi connectivity index (χ4n) is 6.16. The molecule has 3 heteroatoms. The summed E-state index contributed by atoms with van der Waals surface area (Å²) >= 11 is 0. The van der Waals surface area contributed by atoms with E-state index in [0.717, 1.165) is 31.4 Å². The summed E-state index contributed by atoms with van der Waals surface area (Å²) in [5.74, 6) is 1.45. The number of allylic oxidation sites excluding steroid dienone is 1. The minimum Gasteiger partial charge on any atom is -0.497 e. The number of halogens is 1. The Hall–Kier alpha value is -1.35. The average Bonchev–Trinajstić information content (AvgIpc) is 2.85. The quantitative estimate of drug-likeness (QED) is 0.814. The summed E-state index contributed by atoms with van der Waals surface area (Å²) in [5.41, 5.74) is 2.31. The van der Waals surface area contributed by atoms with Crippen molar-refractivity contribution in [2.45, 2.75) is 57.2 Å². The Labute approximate surface area is 143 Å². The van der Waals surface area contributed by atoms with Crippen LogP contribution in [0.25, 0.3) is 0 Å². The lowest BCUT2D eigenvalue weighted by Gasteiger charge is -2.57. The van der Waals surface area contributed by atoms with Crippen LogP contribution in [0.3, 0.4) is 0 Å². The van der Waals surface area contributed by atoms with Gasteiger partial charge in [-0.15, -0.1) is 6.58 Å². The van der Waals surface area contributed by atoms with Gasteiger partial charge in [-0.1, -0.05) is 19.1 Å². The van der Waals surface area contributed by atoms with E-state index in [1.54, 1.807) is 7.11 Å². The summed E-state index contributed by atoms with van der Waals surface area (Å²) in [6.45, 7) is 6.27. The van der Waals surface area contributed by atoms with Crippen LogP contribution < -0.4 is 4.74 Å². The molecule has 0 bridgehead atoms. The van der Waals surface area contributed by atoms with E-state index in [0.29, 0.717) is 12.3 Å². The van der Waals surface area contributed by atoms with Crippen molar-refractivity contribution < 1.29 is 14.2 Å². The maximum Gasteiger partial charge on any atom is 0.127 e. The van der Waals surface area contributed by atoms with Crippen LogP contribution in [-0.4, -0.2) is 24.5 Å². The minimum atomic E-state index is -1.10. The molecule has 3 aliphatic rings. The molecule has 0 radical (unpaired) electrons. The predicted molar refractivity (Wildman–Crippen MR) is 93.0 cm³/mol. The molecule has 0 saturated heterocycles. The third kappa shape index (κ3) is 1.91. The number of aliphatic hydroxyl groups is 1. The smallest absolute Gasteiger partial charge is 0.127 e. The van der Waals surface area contributed by atoms with E-state index in [4.69, 9.17) is 4.74 Å². The van der Waals surface area contributed by atoms with Gasteiger partial charge in [0.1, 0.15) is 11.9 Å². The first kappa shape index (κ1) is 16.1. The third-order valence-electron chi connectivity index (χ3n) is 7.48. The van der Waals surface area contributed by atoms with Gasteiger partial charge in [-0.25, -0.2) is 4.39 Å². The zero-order valence-electron chi connectivity index (χ0n) is 14.6. The van der Waals surface area contributed by atoms with Gasteiger partial charge in [0.2, 0.25) is 0 Å². The first-order chi connectivity index (χ1) is 11.5. The molecule has 2 nitrogen and oxygen atoms in total. The number of aryl methyl sites for hydroxylation is 1. The van der Waals surface area contributed by atoms with Crippen LogP contribution in [0.2, 0.25) is 0 Å². The maximum absolute atomic E-state index is 14.4. The number of aliphatic hydroxyl groups excluding tert-OH is 1. The minimum absolute atomic E-state index is 0.101. The molecule has 0 aliphatic heterocycles. The van der Waals surface area contributed by atoms with Gasteiger partial charge in [-0.05, 0) is 72.6 Å². The van der Waals surface area contributed by atoms with Crippen molar-refractivity contribution in [1.29, 1.82) is 0 Å². The number of benzene rings is 1. The standard InChI is InChI=1S/C21H27FO2/c1-4-21-10-7-13-11-14(24-3)5-6-15(13)16(21)8-9-20(2)18(21)12-17(22)19(20)23/h4-6,11,16-19,23H,1,7-10,12H2,2-3H3/t16-,17-,18-,19-,20+,21-/m1/s1. The van der Waals surface area contributed by atoms with E-state index in [1.165, 1.54) is 11.1 Å². The monoisotopic (exact) mass is 330 g/mol. The topological polar surface area (TPSA) is 29.5 Å². The van der Waals surface area contributed by atoms with Crippen molar-refractivity contribution in [3.8, 4) is 5.75 Å². The van der Waals surface area contributed by atoms with Gasteiger partial charge in [0.05, 0.1) is 13.2 Å². The van der Waals surface area contributed by atoms with E-state index in [9.17, 15) is 9.50 Å². The average molecular weight is 330 g/mol. The summed E-state index contributed by atoms with van der Waals surface area (Å²) < 4.78 is 19.8. The molecule has 2 saturated carbocycles.